The van der Waals surface area contributed by atoms with Crippen molar-refractivity contribution in [3.8, 4) is 0 Å². The summed E-state index contributed by atoms with van der Waals surface area (Å²) in [7, 11) is 0.845. The molecule has 74 valence electrons. The molecule has 0 bridgehead atoms. The van der Waals surface area contributed by atoms with Crippen molar-refractivity contribution in [2.75, 3.05) is 0 Å². The Balaban J connectivity index is 3.43. The van der Waals surface area contributed by atoms with Gasteiger partial charge in [-0.15, -0.1) is 11.7 Å². The number of carboxylic acid groups (broad SMARTS) is 1. The van der Waals surface area contributed by atoms with Gasteiger partial charge < -0.3 is 5.11 Å². The van der Waals surface area contributed by atoms with Crippen molar-refractivity contribution in [3.05, 3.63) is 33.9 Å². The second-order valence-electron chi connectivity index (χ2n) is 2.31. The molecule has 0 aliphatic carbocycles. The van der Waals surface area contributed by atoms with Gasteiger partial charge in [-0.2, -0.15) is 0 Å². The van der Waals surface area contributed by atoms with Gasteiger partial charge in [-0.1, -0.05) is 16.9 Å². The highest BCUT2D eigenvalue weighted by molar-refractivity contribution is 8.68. The van der Waals surface area contributed by atoms with E-state index in [4.69, 9.17) is 5.11 Å². The average molecular weight is 231 g/mol. The Bertz CT molecular complexity index is 393. The minimum Gasteiger partial charge on any atom is -0.477 e. The van der Waals surface area contributed by atoms with Crippen LogP contribution in [0.4, 0.5) is 5.69 Å². The molecule has 0 atom stereocenters. The Morgan fingerprint density at radius 3 is 2.64 bits per heavy atom. The van der Waals surface area contributed by atoms with Gasteiger partial charge in [0.15, 0.2) is 0 Å². The summed E-state index contributed by atoms with van der Waals surface area (Å²) in [6, 6.07) is 4.07. The lowest BCUT2D eigenvalue weighted by atomic mass is 10.2. The third-order valence-electron chi connectivity index (χ3n) is 1.51. The number of benzene rings is 1. The Labute approximate surface area is 88.1 Å². The molecule has 5 nitrogen and oxygen atoms in total. The maximum absolute atomic E-state index is 10.7. The smallest absolute Gasteiger partial charge is 0.342 e. The molecule has 0 radical (unpaired) electrons. The van der Waals surface area contributed by atoms with Gasteiger partial charge in [0.05, 0.1) is 9.82 Å². The Morgan fingerprint density at radius 2 is 2.21 bits per heavy atom. The molecule has 0 aromatic heterocycles. The van der Waals surface area contributed by atoms with Crippen LogP contribution in [0.5, 0.6) is 0 Å². The molecule has 0 aliphatic rings. The molecular formula is C7H5NO4S2. The lowest BCUT2D eigenvalue weighted by Crippen LogP contribution is -2.03. The maximum atomic E-state index is 10.7. The zero-order valence-corrected chi connectivity index (χ0v) is 8.42. The SMILES string of the molecule is O=C(O)c1cccc(SS)c1[N+](=O)[O-]. The first-order valence-electron chi connectivity index (χ1n) is 3.40. The van der Waals surface area contributed by atoms with Crippen molar-refractivity contribution in [3.63, 3.8) is 0 Å². The number of carbonyl (C=O) groups is 1. The van der Waals surface area contributed by atoms with Gasteiger partial charge in [-0.3, -0.25) is 10.1 Å². The molecule has 0 heterocycles. The van der Waals surface area contributed by atoms with Crippen LogP contribution in [0.3, 0.4) is 0 Å². The number of para-hydroxylation sites is 1. The zero-order valence-electron chi connectivity index (χ0n) is 6.71. The summed E-state index contributed by atoms with van der Waals surface area (Å²) in [5.41, 5.74) is -0.742. The van der Waals surface area contributed by atoms with Gasteiger partial charge in [-0.25, -0.2) is 4.79 Å². The van der Waals surface area contributed by atoms with E-state index in [0.29, 0.717) is 0 Å². The number of hydrogen-bond acceptors (Lipinski definition) is 5. The van der Waals surface area contributed by atoms with Gasteiger partial charge in [0.1, 0.15) is 5.56 Å². The second kappa shape index (κ2) is 4.34. The molecule has 0 unspecified atom stereocenters. The van der Waals surface area contributed by atoms with E-state index in [1.807, 2.05) is 0 Å². The molecule has 0 saturated carbocycles. The monoisotopic (exact) mass is 231 g/mol. The number of hydrogen-bond donors (Lipinski definition) is 2. The van der Waals surface area contributed by atoms with Crippen LogP contribution in [0.2, 0.25) is 0 Å². The zero-order chi connectivity index (χ0) is 10.7. The summed E-state index contributed by atoms with van der Waals surface area (Å²) >= 11 is 3.81. The van der Waals surface area contributed by atoms with Gasteiger partial charge >= 0.3 is 5.97 Å². The molecule has 0 fully saturated rings. The van der Waals surface area contributed by atoms with Crippen molar-refractivity contribution in [2.24, 2.45) is 0 Å². The summed E-state index contributed by atoms with van der Waals surface area (Å²) in [6.45, 7) is 0. The number of nitro benzene ring substituents is 1. The fourth-order valence-corrected chi connectivity index (χ4v) is 1.81. The van der Waals surface area contributed by atoms with Crippen molar-refractivity contribution in [2.45, 2.75) is 4.90 Å². The van der Waals surface area contributed by atoms with Crippen LogP contribution in [-0.2, 0) is 0 Å². The van der Waals surface area contributed by atoms with Crippen LogP contribution >= 0.6 is 22.5 Å². The average Bonchev–Trinajstić information content (AvgIpc) is 2.16. The molecule has 7 heteroatoms. The van der Waals surface area contributed by atoms with Gasteiger partial charge in [-0.05, 0) is 12.1 Å². The highest BCUT2D eigenvalue weighted by Gasteiger charge is 2.23. The van der Waals surface area contributed by atoms with Crippen LogP contribution in [0.1, 0.15) is 10.4 Å². The third-order valence-corrected chi connectivity index (χ3v) is 2.63. The standard InChI is InChI=1S/C7H5NO4S2/c9-7(10)4-2-1-3-5(14-13)6(4)8(11)12/h1-3,13H,(H,9,10). The van der Waals surface area contributed by atoms with E-state index in [9.17, 15) is 14.9 Å². The Morgan fingerprint density at radius 1 is 1.57 bits per heavy atom. The largest absolute Gasteiger partial charge is 0.477 e. The molecule has 0 spiro atoms. The minimum atomic E-state index is -1.32. The van der Waals surface area contributed by atoms with E-state index >= 15 is 0 Å². The summed E-state index contributed by atoms with van der Waals surface area (Å²) in [5.74, 6) is -1.32. The highest BCUT2D eigenvalue weighted by atomic mass is 33.1. The van der Waals surface area contributed by atoms with Crippen molar-refractivity contribution >= 4 is 34.1 Å². The number of thiol groups is 1. The van der Waals surface area contributed by atoms with Crippen LogP contribution in [-0.4, -0.2) is 16.0 Å². The summed E-state index contributed by atoms with van der Waals surface area (Å²) in [4.78, 5) is 20.8. The number of nitro groups is 1. The molecule has 0 aliphatic heterocycles. The predicted octanol–water partition coefficient (Wildman–Crippen LogP) is 2.23. The number of rotatable bonds is 3. The number of aromatic carboxylic acids is 1. The first-order chi connectivity index (χ1) is 6.57. The Hall–Kier alpha value is -1.21. The first kappa shape index (κ1) is 10.9. The third kappa shape index (κ3) is 1.99. The first-order valence-corrected chi connectivity index (χ1v) is 5.27. The molecule has 1 N–H and O–H groups in total. The van der Waals surface area contributed by atoms with Gasteiger partial charge in [0, 0.05) is 0 Å². The van der Waals surface area contributed by atoms with Gasteiger partial charge in [0.2, 0.25) is 0 Å². The fraction of sp³-hybridized carbons (Fsp3) is 0. The quantitative estimate of drug-likeness (QED) is 0.361. The molecule has 0 saturated heterocycles. The summed E-state index contributed by atoms with van der Waals surface area (Å²) in [6.07, 6.45) is 0. The van der Waals surface area contributed by atoms with Crippen molar-refractivity contribution in [1.82, 2.24) is 0 Å². The van der Waals surface area contributed by atoms with Crippen LogP contribution in [0, 0.1) is 10.1 Å². The molecule has 1 aromatic carbocycles. The van der Waals surface area contributed by atoms with Crippen molar-refractivity contribution < 1.29 is 14.8 Å². The van der Waals surface area contributed by atoms with Crippen molar-refractivity contribution in [1.29, 1.82) is 0 Å². The maximum Gasteiger partial charge on any atom is 0.342 e. The van der Waals surface area contributed by atoms with E-state index in [0.717, 1.165) is 10.8 Å². The van der Waals surface area contributed by atoms with E-state index in [-0.39, 0.29) is 10.5 Å². The van der Waals surface area contributed by atoms with E-state index in [2.05, 4.69) is 11.7 Å². The highest BCUT2D eigenvalue weighted by Crippen LogP contribution is 2.33. The van der Waals surface area contributed by atoms with E-state index in [1.54, 1.807) is 0 Å². The van der Waals surface area contributed by atoms with Crippen LogP contribution in [0.15, 0.2) is 23.1 Å². The lowest BCUT2D eigenvalue weighted by molar-refractivity contribution is -0.388. The normalized spacial score (nSPS) is 9.79. The number of nitrogens with zero attached hydrogens (tertiary/aromatic N) is 1. The molecule has 1 aromatic rings. The van der Waals surface area contributed by atoms with E-state index < -0.39 is 16.6 Å². The Kier molecular flexibility index (Phi) is 3.37. The molecule has 14 heavy (non-hydrogen) atoms. The van der Waals surface area contributed by atoms with Crippen LogP contribution in [0.25, 0.3) is 0 Å². The summed E-state index contributed by atoms with van der Waals surface area (Å²) in [5, 5.41) is 19.3. The summed E-state index contributed by atoms with van der Waals surface area (Å²) < 4.78 is 0. The molecule has 1 rings (SSSR count). The van der Waals surface area contributed by atoms with E-state index in [1.165, 1.54) is 18.2 Å². The predicted molar refractivity (Wildman–Crippen MR) is 54.9 cm³/mol. The second-order valence-corrected chi connectivity index (χ2v) is 3.48. The van der Waals surface area contributed by atoms with Gasteiger partial charge in [0.25, 0.3) is 5.69 Å². The fourth-order valence-electron chi connectivity index (χ4n) is 0.957. The molecule has 0 amide bonds. The number of carboxylic acids is 1. The van der Waals surface area contributed by atoms with Crippen LogP contribution < -0.4 is 0 Å². The lowest BCUT2D eigenvalue weighted by Gasteiger charge is -2.01. The minimum absolute atomic E-state index is 0.221. The topological polar surface area (TPSA) is 80.4 Å². The molecular weight excluding hydrogens is 226 g/mol.